The number of hydrogen-bond acceptors (Lipinski definition) is 8. The molecular weight excluding hydrogens is 531 g/mol. The van der Waals surface area contributed by atoms with Crippen LogP contribution in [-0.4, -0.2) is 57.1 Å². The van der Waals surface area contributed by atoms with Gasteiger partial charge in [0.15, 0.2) is 6.61 Å². The molecule has 2 heterocycles. The van der Waals surface area contributed by atoms with Crippen molar-refractivity contribution in [1.82, 2.24) is 10.2 Å². The summed E-state index contributed by atoms with van der Waals surface area (Å²) in [5.74, 6) is -2.04. The van der Waals surface area contributed by atoms with Crippen LogP contribution in [0.2, 0.25) is 0 Å². The number of benzene rings is 1. The van der Waals surface area contributed by atoms with Crippen LogP contribution in [0.25, 0.3) is 0 Å². The van der Waals surface area contributed by atoms with E-state index in [0.717, 1.165) is 11.8 Å². The molecule has 1 fully saturated rings. The fraction of sp³-hybridized carbons (Fsp3) is 0.333. The Kier molecular flexibility index (Phi) is 8.40. The lowest BCUT2D eigenvalue weighted by Gasteiger charge is -2.49. The Morgan fingerprint density at radius 1 is 1.21 bits per heavy atom. The molecule has 0 radical (unpaired) electrons. The molecule has 0 aliphatic carbocycles. The van der Waals surface area contributed by atoms with E-state index in [-0.39, 0.29) is 12.3 Å². The van der Waals surface area contributed by atoms with Gasteiger partial charge < -0.3 is 19.5 Å². The molecule has 0 aromatic heterocycles. The maximum absolute atomic E-state index is 12.9. The van der Waals surface area contributed by atoms with Crippen LogP contribution in [0, 0.1) is 0 Å². The summed E-state index contributed by atoms with van der Waals surface area (Å²) in [6.07, 6.45) is 1.17. The summed E-state index contributed by atoms with van der Waals surface area (Å²) in [5, 5.41) is 1.90. The Morgan fingerprint density at radius 2 is 1.88 bits per heavy atom. The zero-order valence-corrected chi connectivity index (χ0v) is 21.0. The van der Waals surface area contributed by atoms with Crippen molar-refractivity contribution >= 4 is 70.3 Å². The molecule has 1 N–H and O–H groups in total. The summed E-state index contributed by atoms with van der Waals surface area (Å²) in [5.41, 5.74) is 0.217. The first kappa shape index (κ1) is 26.2. The topological polar surface area (TPSA) is 111 Å². The number of esters is 2. The lowest BCUT2D eigenvalue weighted by molar-refractivity contribution is -0.153. The van der Waals surface area contributed by atoms with Crippen molar-refractivity contribution in [2.45, 2.75) is 29.1 Å². The molecule has 1 aromatic carbocycles. The van der Waals surface area contributed by atoms with Crippen LogP contribution in [0.1, 0.15) is 13.8 Å². The van der Waals surface area contributed by atoms with E-state index in [0.29, 0.717) is 16.2 Å². The number of allylic oxidation sites excluding steroid dienone is 1. The van der Waals surface area contributed by atoms with Gasteiger partial charge in [-0.15, -0.1) is 0 Å². The molecule has 1 saturated heterocycles. The number of ether oxygens (including phenoxy) is 3. The zero-order valence-electron chi connectivity index (χ0n) is 17.9. The van der Waals surface area contributed by atoms with Gasteiger partial charge in [0.25, 0.3) is 11.8 Å². The fourth-order valence-corrected chi connectivity index (χ4v) is 4.51. The number of carbonyl (C=O) groups excluding carboxylic acids is 4. The van der Waals surface area contributed by atoms with Crippen molar-refractivity contribution in [2.75, 3.05) is 13.2 Å². The number of amides is 2. The third-order valence-corrected chi connectivity index (χ3v) is 6.29. The van der Waals surface area contributed by atoms with Gasteiger partial charge in [0.2, 0.25) is 3.79 Å². The first-order chi connectivity index (χ1) is 16.0. The number of alkyl halides is 3. The van der Waals surface area contributed by atoms with Crippen LogP contribution in [0.5, 0.6) is 5.75 Å². The highest BCUT2D eigenvalue weighted by molar-refractivity contribution is 8.04. The van der Waals surface area contributed by atoms with Crippen molar-refractivity contribution in [3.8, 4) is 5.75 Å². The van der Waals surface area contributed by atoms with Gasteiger partial charge in [0.05, 0.1) is 0 Å². The van der Waals surface area contributed by atoms with E-state index in [1.165, 1.54) is 18.1 Å². The molecule has 1 unspecified atom stereocenters. The maximum Gasteiger partial charge on any atom is 0.355 e. The normalized spacial score (nSPS) is 20.9. The van der Waals surface area contributed by atoms with Crippen LogP contribution >= 0.6 is 46.6 Å². The highest BCUT2D eigenvalue weighted by Crippen LogP contribution is 2.46. The SMILES string of the molecule is CC(=O)OC=C1S[C@@H]2C(NC(=O)COc3ccccc3)C(=O)N2C(C(=O)OCC(Cl)(Cl)Cl)=C1C. The highest BCUT2D eigenvalue weighted by atomic mass is 35.6. The van der Waals surface area contributed by atoms with Crippen molar-refractivity contribution in [1.29, 1.82) is 0 Å². The summed E-state index contributed by atoms with van der Waals surface area (Å²) in [6.45, 7) is 1.91. The molecule has 2 aliphatic heterocycles. The van der Waals surface area contributed by atoms with Gasteiger partial charge in [-0.05, 0) is 24.6 Å². The monoisotopic (exact) mass is 548 g/mol. The highest BCUT2D eigenvalue weighted by Gasteiger charge is 2.55. The van der Waals surface area contributed by atoms with Gasteiger partial charge in [-0.1, -0.05) is 64.8 Å². The Balaban J connectivity index is 1.76. The predicted octanol–water partition coefficient (Wildman–Crippen LogP) is 3.06. The van der Waals surface area contributed by atoms with Crippen LogP contribution in [0.15, 0.2) is 52.8 Å². The third kappa shape index (κ3) is 6.38. The van der Waals surface area contributed by atoms with E-state index in [2.05, 4.69) is 5.32 Å². The second-order valence-corrected chi connectivity index (χ2v) is 10.8. The second-order valence-electron chi connectivity index (χ2n) is 7.12. The Morgan fingerprint density at radius 3 is 2.50 bits per heavy atom. The average molecular weight is 550 g/mol. The van der Waals surface area contributed by atoms with Gasteiger partial charge in [0, 0.05) is 11.8 Å². The number of hydrogen-bond donors (Lipinski definition) is 1. The van der Waals surface area contributed by atoms with Crippen molar-refractivity contribution < 1.29 is 33.4 Å². The number of rotatable bonds is 7. The molecule has 3 rings (SSSR count). The standard InChI is InChI=1S/C21H19Cl3N2O7S/c1-11-14(8-31-12(2)27)34-19-16(25-15(28)9-32-13-6-4-3-5-7-13)18(29)26(19)17(11)20(30)33-10-21(22,23)24/h3-8,16,19H,9-10H2,1-2H3,(H,25,28)/t16?,19-/m1/s1. The first-order valence-corrected chi connectivity index (χ1v) is 11.8. The van der Waals surface area contributed by atoms with Crippen LogP contribution in [0.3, 0.4) is 0 Å². The summed E-state index contributed by atoms with van der Waals surface area (Å²) in [4.78, 5) is 50.9. The largest absolute Gasteiger partial charge is 0.484 e. The Bertz CT molecular complexity index is 1060. The summed E-state index contributed by atoms with van der Waals surface area (Å²) < 4.78 is 13.6. The van der Waals surface area contributed by atoms with Gasteiger partial charge in [-0.2, -0.15) is 0 Å². The summed E-state index contributed by atoms with van der Waals surface area (Å²) in [6, 6.07) is 7.75. The van der Waals surface area contributed by atoms with E-state index >= 15 is 0 Å². The molecule has 0 spiro atoms. The Hall–Kier alpha value is -2.40. The number of nitrogens with one attached hydrogen (secondary N) is 1. The molecule has 2 amide bonds. The van der Waals surface area contributed by atoms with E-state index in [9.17, 15) is 19.2 Å². The Labute approximate surface area is 214 Å². The quantitative estimate of drug-likeness (QED) is 0.239. The minimum absolute atomic E-state index is 0.104. The van der Waals surface area contributed by atoms with Gasteiger partial charge in [0.1, 0.15) is 35.7 Å². The zero-order chi connectivity index (χ0) is 25.0. The molecule has 0 saturated carbocycles. The molecule has 13 heteroatoms. The molecule has 1 aromatic rings. The smallest absolute Gasteiger partial charge is 0.355 e. The van der Waals surface area contributed by atoms with Crippen LogP contribution < -0.4 is 10.1 Å². The number of fused-ring (bicyclic) bond motifs is 1. The number of β-lactam (4-membered cyclic amide) rings is 1. The minimum Gasteiger partial charge on any atom is -0.484 e. The average Bonchev–Trinajstić information content (AvgIpc) is 2.78. The number of nitrogens with zero attached hydrogens (tertiary/aromatic N) is 1. The van der Waals surface area contributed by atoms with Gasteiger partial charge in [-0.25, -0.2) is 4.79 Å². The molecule has 2 atom stereocenters. The number of halogens is 3. The van der Waals surface area contributed by atoms with Gasteiger partial charge in [-0.3, -0.25) is 19.3 Å². The minimum atomic E-state index is -1.85. The second kappa shape index (κ2) is 10.9. The van der Waals surface area contributed by atoms with Crippen molar-refractivity contribution in [2.24, 2.45) is 0 Å². The number of carbonyl (C=O) groups is 4. The van der Waals surface area contributed by atoms with Crippen LogP contribution in [0.4, 0.5) is 0 Å². The molecule has 34 heavy (non-hydrogen) atoms. The van der Waals surface area contributed by atoms with E-state index in [1.54, 1.807) is 37.3 Å². The third-order valence-electron chi connectivity index (χ3n) is 4.58. The van der Waals surface area contributed by atoms with Crippen LogP contribution in [-0.2, 0) is 28.7 Å². The molecule has 0 bridgehead atoms. The van der Waals surface area contributed by atoms with Crippen molar-refractivity contribution in [3.05, 3.63) is 52.8 Å². The summed E-state index contributed by atoms with van der Waals surface area (Å²) in [7, 11) is 0. The predicted molar refractivity (Wildman–Crippen MR) is 126 cm³/mol. The van der Waals surface area contributed by atoms with E-state index < -0.39 is 45.6 Å². The van der Waals surface area contributed by atoms with E-state index in [4.69, 9.17) is 49.0 Å². The summed E-state index contributed by atoms with van der Waals surface area (Å²) >= 11 is 18.1. The first-order valence-electron chi connectivity index (χ1n) is 9.77. The number of thioether (sulfide) groups is 1. The maximum atomic E-state index is 12.9. The van der Waals surface area contributed by atoms with Gasteiger partial charge >= 0.3 is 11.9 Å². The molecule has 2 aliphatic rings. The van der Waals surface area contributed by atoms with Crippen molar-refractivity contribution in [3.63, 3.8) is 0 Å². The lowest BCUT2D eigenvalue weighted by atomic mass is 10.0. The molecule has 9 nitrogen and oxygen atoms in total. The number of para-hydroxylation sites is 1. The molecular formula is C21H19Cl3N2O7S. The molecule has 182 valence electrons. The lowest BCUT2D eigenvalue weighted by Crippen LogP contribution is -2.70. The fourth-order valence-electron chi connectivity index (χ4n) is 3.07. The van der Waals surface area contributed by atoms with E-state index in [1.807, 2.05) is 0 Å².